The van der Waals surface area contributed by atoms with E-state index in [0.29, 0.717) is 11.1 Å². The minimum atomic E-state index is -3.94. The molecule has 0 aliphatic carbocycles. The van der Waals surface area contributed by atoms with Crippen LogP contribution < -0.4 is 5.73 Å². The molecule has 10 nitrogen and oxygen atoms in total. The van der Waals surface area contributed by atoms with Crippen LogP contribution in [0.2, 0.25) is 0 Å². The molecule has 0 amide bonds. The van der Waals surface area contributed by atoms with Crippen molar-refractivity contribution < 1.29 is 33.7 Å². The van der Waals surface area contributed by atoms with Crippen molar-refractivity contribution in [3.05, 3.63) is 30.8 Å². The van der Waals surface area contributed by atoms with E-state index in [4.69, 9.17) is 29.2 Å². The number of aromatic nitrogens is 2. The van der Waals surface area contributed by atoms with E-state index in [0.717, 1.165) is 6.08 Å². The lowest BCUT2D eigenvalue weighted by Crippen LogP contribution is -2.44. The highest BCUT2D eigenvalue weighted by atomic mass is 32.5. The van der Waals surface area contributed by atoms with Crippen molar-refractivity contribution in [3.8, 4) is 0 Å². The van der Waals surface area contributed by atoms with Crippen LogP contribution in [0.4, 0.5) is 5.82 Å². The molecule has 0 unspecified atom stereocenters. The standard InChI is InChI=1S/C13H16N3O7PS/c1-2-13(18)10(17)7(4-22-24(19,20)25)23-11(13)6-3-21-9-8(6)15-5-16-12(9)14/h2-3,5,7,10-11,17-18H,1,4H2,(H2,14,15,16)(H2,19,20,25)/t7-,10-,11+,13-/m1/s1. The van der Waals surface area contributed by atoms with Crippen molar-refractivity contribution in [1.82, 2.24) is 9.97 Å². The van der Waals surface area contributed by atoms with Gasteiger partial charge in [-0.05, 0) is 11.8 Å². The lowest BCUT2D eigenvalue weighted by atomic mass is 9.87. The van der Waals surface area contributed by atoms with Crippen molar-refractivity contribution in [2.45, 2.75) is 23.9 Å². The number of rotatable bonds is 5. The number of hydrogen-bond acceptors (Lipinski definition) is 9. The molecule has 1 fully saturated rings. The highest BCUT2D eigenvalue weighted by molar-refractivity contribution is 8.06. The quantitative estimate of drug-likeness (QED) is 0.338. The van der Waals surface area contributed by atoms with E-state index in [-0.39, 0.29) is 11.4 Å². The summed E-state index contributed by atoms with van der Waals surface area (Å²) in [7, 11) is 0. The summed E-state index contributed by atoms with van der Waals surface area (Å²) >= 11 is 4.36. The molecular weight excluding hydrogens is 373 g/mol. The largest absolute Gasteiger partial charge is 0.458 e. The molecule has 0 saturated carbocycles. The van der Waals surface area contributed by atoms with E-state index in [1.807, 2.05) is 0 Å². The average Bonchev–Trinajstić information content (AvgIpc) is 3.07. The fourth-order valence-corrected chi connectivity index (χ4v) is 3.26. The fourth-order valence-electron chi connectivity index (χ4n) is 2.74. The van der Waals surface area contributed by atoms with Gasteiger partial charge in [0.1, 0.15) is 35.8 Å². The number of aliphatic hydroxyl groups excluding tert-OH is 1. The predicted molar refractivity (Wildman–Crippen MR) is 89.7 cm³/mol. The molecular formula is C13H16N3O7PS. The molecule has 25 heavy (non-hydrogen) atoms. The molecule has 2 aromatic heterocycles. The monoisotopic (exact) mass is 389 g/mol. The van der Waals surface area contributed by atoms with Crippen molar-refractivity contribution >= 4 is 35.4 Å². The third-order valence-corrected chi connectivity index (χ3v) is 4.78. The Balaban J connectivity index is 1.98. The van der Waals surface area contributed by atoms with Crippen LogP contribution in [-0.2, 0) is 21.1 Å². The molecule has 0 aromatic carbocycles. The van der Waals surface area contributed by atoms with E-state index in [1.54, 1.807) is 0 Å². The Morgan fingerprint density at radius 1 is 1.48 bits per heavy atom. The number of nitrogen functional groups attached to an aromatic ring is 1. The Labute approximate surface area is 146 Å². The van der Waals surface area contributed by atoms with Crippen LogP contribution in [0.1, 0.15) is 11.7 Å². The topological polar surface area (TPSA) is 164 Å². The molecule has 136 valence electrons. The molecule has 0 spiro atoms. The Kier molecular flexibility index (Phi) is 4.69. The summed E-state index contributed by atoms with van der Waals surface area (Å²) in [5.74, 6) is 0.109. The van der Waals surface area contributed by atoms with Crippen LogP contribution in [-0.4, -0.2) is 54.4 Å². The fraction of sp³-hybridized carbons (Fsp3) is 0.385. The highest BCUT2D eigenvalue weighted by Crippen LogP contribution is 2.46. The first kappa shape index (κ1) is 18.4. The Morgan fingerprint density at radius 2 is 2.20 bits per heavy atom. The van der Waals surface area contributed by atoms with Crippen molar-refractivity contribution in [1.29, 1.82) is 0 Å². The zero-order valence-corrected chi connectivity index (χ0v) is 14.4. The van der Waals surface area contributed by atoms with Crippen LogP contribution >= 0.6 is 6.72 Å². The molecule has 3 heterocycles. The summed E-state index contributed by atoms with van der Waals surface area (Å²) < 4.78 is 15.7. The number of hydrogen-bond donors (Lipinski definition) is 5. The third-order valence-electron chi connectivity index (χ3n) is 3.98. The van der Waals surface area contributed by atoms with Crippen molar-refractivity contribution in [3.63, 3.8) is 0 Å². The van der Waals surface area contributed by atoms with Gasteiger partial charge in [-0.1, -0.05) is 6.08 Å². The summed E-state index contributed by atoms with van der Waals surface area (Å²) in [6.07, 6.45) is -0.0466. The molecule has 0 radical (unpaired) electrons. The van der Waals surface area contributed by atoms with Gasteiger partial charge in [0.05, 0.1) is 12.9 Å². The zero-order chi connectivity index (χ0) is 18.4. The number of nitrogens with zero attached hydrogens (tertiary/aromatic N) is 2. The second kappa shape index (κ2) is 6.38. The number of ether oxygens (including phenoxy) is 1. The van der Waals surface area contributed by atoms with Gasteiger partial charge in [0, 0.05) is 5.56 Å². The second-order valence-electron chi connectivity index (χ2n) is 5.50. The average molecular weight is 389 g/mol. The molecule has 3 rings (SSSR count). The third kappa shape index (κ3) is 3.21. The zero-order valence-electron chi connectivity index (χ0n) is 12.7. The predicted octanol–water partition coefficient (Wildman–Crippen LogP) is -0.251. The molecule has 2 aromatic rings. The summed E-state index contributed by atoms with van der Waals surface area (Å²) in [5, 5.41) is 21.2. The normalized spacial score (nSPS) is 30.0. The Bertz CT molecular complexity index is 855. The number of nitrogens with two attached hydrogens (primary N) is 1. The van der Waals surface area contributed by atoms with E-state index < -0.39 is 37.2 Å². The maximum Gasteiger partial charge on any atom is 0.321 e. The number of furan rings is 1. The minimum Gasteiger partial charge on any atom is -0.458 e. The molecule has 1 aliphatic heterocycles. The number of aliphatic hydroxyl groups is 2. The van der Waals surface area contributed by atoms with Crippen LogP contribution in [0.5, 0.6) is 0 Å². The van der Waals surface area contributed by atoms with Crippen LogP contribution in [0.25, 0.3) is 11.1 Å². The first-order chi connectivity index (χ1) is 11.7. The Hall–Kier alpha value is -1.43. The molecule has 1 saturated heterocycles. The van der Waals surface area contributed by atoms with Gasteiger partial charge in [-0.3, -0.25) is 0 Å². The lowest BCUT2D eigenvalue weighted by molar-refractivity contribution is -0.0407. The lowest BCUT2D eigenvalue weighted by Gasteiger charge is -2.27. The second-order valence-corrected chi connectivity index (χ2v) is 8.17. The van der Waals surface area contributed by atoms with Crippen LogP contribution in [0.3, 0.4) is 0 Å². The number of anilines is 1. The van der Waals surface area contributed by atoms with E-state index in [2.05, 4.69) is 28.4 Å². The van der Waals surface area contributed by atoms with E-state index >= 15 is 0 Å². The van der Waals surface area contributed by atoms with Crippen molar-refractivity contribution in [2.75, 3.05) is 12.3 Å². The number of fused-ring (bicyclic) bond motifs is 1. The van der Waals surface area contributed by atoms with Crippen LogP contribution in [0, 0.1) is 0 Å². The molecule has 4 atom stereocenters. The maximum atomic E-state index is 10.8. The van der Waals surface area contributed by atoms with Gasteiger partial charge in [-0.25, -0.2) is 9.97 Å². The molecule has 1 aliphatic rings. The van der Waals surface area contributed by atoms with Crippen molar-refractivity contribution in [2.24, 2.45) is 0 Å². The van der Waals surface area contributed by atoms with Gasteiger partial charge < -0.3 is 39.4 Å². The SMILES string of the molecule is C=C[C@@]1(O)[C@H](O)[C@@H](COP(O)(O)=S)O[C@H]1c1coc2c(N)ncnc12. The van der Waals surface area contributed by atoms with Gasteiger partial charge in [0.25, 0.3) is 0 Å². The highest BCUT2D eigenvalue weighted by Gasteiger charge is 2.55. The van der Waals surface area contributed by atoms with Gasteiger partial charge in [-0.2, -0.15) is 0 Å². The molecule has 0 bridgehead atoms. The Morgan fingerprint density at radius 3 is 2.84 bits per heavy atom. The summed E-state index contributed by atoms with van der Waals surface area (Å²) in [6, 6.07) is 0. The smallest absolute Gasteiger partial charge is 0.321 e. The van der Waals surface area contributed by atoms with Crippen LogP contribution in [0.15, 0.2) is 29.7 Å². The van der Waals surface area contributed by atoms with E-state index in [1.165, 1.54) is 12.6 Å². The van der Waals surface area contributed by atoms with Gasteiger partial charge in [0.15, 0.2) is 11.4 Å². The molecule has 6 N–H and O–H groups in total. The summed E-state index contributed by atoms with van der Waals surface area (Å²) in [6.45, 7) is -0.846. The van der Waals surface area contributed by atoms with Gasteiger partial charge >= 0.3 is 6.72 Å². The maximum absolute atomic E-state index is 10.8. The van der Waals surface area contributed by atoms with Gasteiger partial charge in [0.2, 0.25) is 0 Å². The first-order valence-corrected chi connectivity index (χ1v) is 9.67. The molecule has 12 heteroatoms. The van der Waals surface area contributed by atoms with E-state index in [9.17, 15) is 10.2 Å². The summed E-state index contributed by atoms with van der Waals surface area (Å²) in [5.41, 5.74) is 4.65. The minimum absolute atomic E-state index is 0.109. The first-order valence-electron chi connectivity index (χ1n) is 7.04. The van der Waals surface area contributed by atoms with Gasteiger partial charge in [-0.15, -0.1) is 6.58 Å². The summed E-state index contributed by atoms with van der Waals surface area (Å²) in [4.78, 5) is 26.2.